The Labute approximate surface area is 117 Å². The molecule has 0 saturated carbocycles. The van der Waals surface area contributed by atoms with Crippen molar-refractivity contribution in [3.63, 3.8) is 0 Å². The fraction of sp³-hybridized carbons (Fsp3) is 0.625. The van der Waals surface area contributed by atoms with Crippen LogP contribution in [0, 0.1) is 13.8 Å². The van der Waals surface area contributed by atoms with Gasteiger partial charge in [0.05, 0.1) is 0 Å². The first kappa shape index (κ1) is 14.5. The summed E-state index contributed by atoms with van der Waals surface area (Å²) < 4.78 is 0. The molecule has 1 heterocycles. The average Bonchev–Trinajstić information content (AvgIpc) is 2.42. The SMILES string of the molecule is Cc1ccc(C)c(C(N)CCCN2CCNCC2)c1. The predicted molar refractivity (Wildman–Crippen MR) is 81.4 cm³/mol. The second kappa shape index (κ2) is 7.04. The summed E-state index contributed by atoms with van der Waals surface area (Å²) in [6.45, 7) is 10.1. The fourth-order valence-electron chi connectivity index (χ4n) is 2.78. The van der Waals surface area contributed by atoms with E-state index in [4.69, 9.17) is 5.73 Å². The summed E-state index contributed by atoms with van der Waals surface area (Å²) in [6.07, 6.45) is 2.27. The van der Waals surface area contributed by atoms with E-state index in [1.54, 1.807) is 0 Å². The molecule has 0 spiro atoms. The lowest BCUT2D eigenvalue weighted by atomic mass is 9.96. The third-order valence-electron chi connectivity index (χ3n) is 4.03. The largest absolute Gasteiger partial charge is 0.324 e. The van der Waals surface area contributed by atoms with Crippen LogP contribution in [0.4, 0.5) is 0 Å². The highest BCUT2D eigenvalue weighted by Crippen LogP contribution is 2.21. The highest BCUT2D eigenvalue weighted by Gasteiger charge is 2.12. The zero-order valence-corrected chi connectivity index (χ0v) is 12.3. The lowest BCUT2D eigenvalue weighted by Crippen LogP contribution is -2.43. The Morgan fingerprint density at radius 1 is 1.26 bits per heavy atom. The molecule has 3 nitrogen and oxygen atoms in total. The van der Waals surface area contributed by atoms with Crippen molar-refractivity contribution in [3.8, 4) is 0 Å². The van der Waals surface area contributed by atoms with Gasteiger partial charge in [-0.15, -0.1) is 0 Å². The van der Waals surface area contributed by atoms with Gasteiger partial charge in [-0.1, -0.05) is 23.8 Å². The van der Waals surface area contributed by atoms with Crippen LogP contribution in [0.1, 0.15) is 35.6 Å². The van der Waals surface area contributed by atoms with Crippen molar-refractivity contribution in [2.75, 3.05) is 32.7 Å². The molecule has 0 bridgehead atoms. The van der Waals surface area contributed by atoms with Gasteiger partial charge in [0.15, 0.2) is 0 Å². The Morgan fingerprint density at radius 3 is 2.74 bits per heavy atom. The van der Waals surface area contributed by atoms with Gasteiger partial charge >= 0.3 is 0 Å². The predicted octanol–water partition coefficient (Wildman–Crippen LogP) is 1.99. The summed E-state index contributed by atoms with van der Waals surface area (Å²) in [5.41, 5.74) is 10.3. The van der Waals surface area contributed by atoms with E-state index in [2.05, 4.69) is 42.3 Å². The first-order chi connectivity index (χ1) is 9.16. The van der Waals surface area contributed by atoms with E-state index in [1.807, 2.05) is 0 Å². The van der Waals surface area contributed by atoms with Crippen molar-refractivity contribution in [2.24, 2.45) is 5.73 Å². The molecule has 106 valence electrons. The van der Waals surface area contributed by atoms with E-state index in [-0.39, 0.29) is 6.04 Å². The van der Waals surface area contributed by atoms with Gasteiger partial charge < -0.3 is 16.0 Å². The third-order valence-corrected chi connectivity index (χ3v) is 4.03. The molecule has 1 aliphatic rings. The molecule has 0 amide bonds. The number of rotatable bonds is 5. The number of aryl methyl sites for hydroxylation is 2. The van der Waals surface area contributed by atoms with Gasteiger partial charge in [-0.2, -0.15) is 0 Å². The van der Waals surface area contributed by atoms with Crippen LogP contribution in [-0.2, 0) is 0 Å². The van der Waals surface area contributed by atoms with Crippen LogP contribution in [-0.4, -0.2) is 37.6 Å². The van der Waals surface area contributed by atoms with Crippen LogP contribution in [0.3, 0.4) is 0 Å². The Morgan fingerprint density at radius 2 is 2.00 bits per heavy atom. The topological polar surface area (TPSA) is 41.3 Å². The zero-order valence-electron chi connectivity index (χ0n) is 12.3. The maximum absolute atomic E-state index is 6.35. The van der Waals surface area contributed by atoms with Crippen molar-refractivity contribution in [2.45, 2.75) is 32.7 Å². The normalized spacial score (nSPS) is 18.5. The summed E-state index contributed by atoms with van der Waals surface area (Å²) >= 11 is 0. The summed E-state index contributed by atoms with van der Waals surface area (Å²) in [5.74, 6) is 0. The summed E-state index contributed by atoms with van der Waals surface area (Å²) in [4.78, 5) is 2.53. The van der Waals surface area contributed by atoms with Crippen LogP contribution >= 0.6 is 0 Å². The number of nitrogens with two attached hydrogens (primary N) is 1. The van der Waals surface area contributed by atoms with E-state index in [9.17, 15) is 0 Å². The van der Waals surface area contributed by atoms with E-state index >= 15 is 0 Å². The average molecular weight is 261 g/mol. The molecule has 0 radical (unpaired) electrons. The Bertz CT molecular complexity index is 397. The van der Waals surface area contributed by atoms with E-state index < -0.39 is 0 Å². The number of hydrogen-bond donors (Lipinski definition) is 2. The molecule has 3 heteroatoms. The van der Waals surface area contributed by atoms with Gasteiger partial charge in [0, 0.05) is 32.2 Å². The molecule has 0 aromatic heterocycles. The first-order valence-corrected chi connectivity index (χ1v) is 7.42. The molecule has 1 unspecified atom stereocenters. The molecule has 1 atom stereocenters. The number of hydrogen-bond acceptors (Lipinski definition) is 3. The van der Waals surface area contributed by atoms with Gasteiger partial charge in [0.25, 0.3) is 0 Å². The molecule has 3 N–H and O–H groups in total. The van der Waals surface area contributed by atoms with Crippen molar-refractivity contribution < 1.29 is 0 Å². The number of piperazine rings is 1. The Balaban J connectivity index is 1.80. The van der Waals surface area contributed by atoms with Crippen molar-refractivity contribution in [1.82, 2.24) is 10.2 Å². The standard InChI is InChI=1S/C16H27N3/c1-13-5-6-14(2)15(12-13)16(17)4-3-9-19-10-7-18-8-11-19/h5-6,12,16,18H,3-4,7-11,17H2,1-2H3. The van der Waals surface area contributed by atoms with Crippen molar-refractivity contribution >= 4 is 0 Å². The summed E-state index contributed by atoms with van der Waals surface area (Å²) in [6, 6.07) is 6.76. The minimum absolute atomic E-state index is 0.183. The molecule has 0 aliphatic carbocycles. The Hall–Kier alpha value is -0.900. The van der Waals surface area contributed by atoms with Crippen LogP contribution in [0.5, 0.6) is 0 Å². The minimum Gasteiger partial charge on any atom is -0.324 e. The smallest absolute Gasteiger partial charge is 0.0298 e. The molecule has 1 aromatic carbocycles. The van der Waals surface area contributed by atoms with Crippen LogP contribution in [0.25, 0.3) is 0 Å². The number of nitrogens with zero attached hydrogens (tertiary/aromatic N) is 1. The van der Waals surface area contributed by atoms with Crippen molar-refractivity contribution in [1.29, 1.82) is 0 Å². The summed E-state index contributed by atoms with van der Waals surface area (Å²) in [5, 5.41) is 3.39. The van der Waals surface area contributed by atoms with Gasteiger partial charge in [-0.05, 0) is 44.4 Å². The second-order valence-corrected chi connectivity index (χ2v) is 5.70. The van der Waals surface area contributed by atoms with Gasteiger partial charge in [0.2, 0.25) is 0 Å². The quantitative estimate of drug-likeness (QED) is 0.851. The van der Waals surface area contributed by atoms with Crippen LogP contribution in [0.15, 0.2) is 18.2 Å². The van der Waals surface area contributed by atoms with Crippen LogP contribution in [0.2, 0.25) is 0 Å². The molecular weight excluding hydrogens is 234 g/mol. The number of benzene rings is 1. The Kier molecular flexibility index (Phi) is 5.37. The molecular formula is C16H27N3. The number of nitrogens with one attached hydrogen (secondary N) is 1. The lowest BCUT2D eigenvalue weighted by Gasteiger charge is -2.27. The lowest BCUT2D eigenvalue weighted by molar-refractivity contribution is 0.235. The molecule has 1 aromatic rings. The maximum atomic E-state index is 6.35. The molecule has 1 saturated heterocycles. The van der Waals surface area contributed by atoms with E-state index in [1.165, 1.54) is 42.7 Å². The highest BCUT2D eigenvalue weighted by atomic mass is 15.2. The van der Waals surface area contributed by atoms with Gasteiger partial charge in [-0.3, -0.25) is 0 Å². The molecule has 19 heavy (non-hydrogen) atoms. The van der Waals surface area contributed by atoms with Crippen molar-refractivity contribution in [3.05, 3.63) is 34.9 Å². The molecule has 1 fully saturated rings. The van der Waals surface area contributed by atoms with E-state index in [0.29, 0.717) is 0 Å². The highest BCUT2D eigenvalue weighted by molar-refractivity contribution is 5.32. The third kappa shape index (κ3) is 4.30. The fourth-order valence-corrected chi connectivity index (χ4v) is 2.78. The maximum Gasteiger partial charge on any atom is 0.0298 e. The first-order valence-electron chi connectivity index (χ1n) is 7.42. The molecule has 2 rings (SSSR count). The monoisotopic (exact) mass is 261 g/mol. The molecule has 1 aliphatic heterocycles. The second-order valence-electron chi connectivity index (χ2n) is 5.70. The van der Waals surface area contributed by atoms with E-state index in [0.717, 1.165) is 19.5 Å². The zero-order chi connectivity index (χ0) is 13.7. The minimum atomic E-state index is 0.183. The summed E-state index contributed by atoms with van der Waals surface area (Å²) in [7, 11) is 0. The van der Waals surface area contributed by atoms with Gasteiger partial charge in [0.1, 0.15) is 0 Å². The van der Waals surface area contributed by atoms with Gasteiger partial charge in [-0.25, -0.2) is 0 Å². The van der Waals surface area contributed by atoms with Crippen LogP contribution < -0.4 is 11.1 Å².